The molecule has 1 heterocycles. The molecule has 1 aliphatic rings. The predicted molar refractivity (Wildman–Crippen MR) is 88.5 cm³/mol. The average molecular weight is 349 g/mol. The van der Waals surface area contributed by atoms with Crippen LogP contribution in [0.25, 0.3) is 11.1 Å². The van der Waals surface area contributed by atoms with Gasteiger partial charge in [0.25, 0.3) is 5.91 Å². The molecule has 0 aliphatic carbocycles. The Morgan fingerprint density at radius 3 is 2.32 bits per heavy atom. The molecule has 0 bridgehead atoms. The Morgan fingerprint density at radius 1 is 1.08 bits per heavy atom. The Balaban J connectivity index is 1.92. The largest absolute Gasteiger partial charge is 0.491 e. The summed E-state index contributed by atoms with van der Waals surface area (Å²) in [6.07, 6.45) is -4.37. The van der Waals surface area contributed by atoms with E-state index in [1.807, 2.05) is 13.8 Å². The zero-order valence-corrected chi connectivity index (χ0v) is 13.9. The van der Waals surface area contributed by atoms with Gasteiger partial charge in [-0.15, -0.1) is 0 Å². The lowest BCUT2D eigenvalue weighted by molar-refractivity contribution is -0.137. The molecule has 1 N–H and O–H groups in total. The fourth-order valence-electron chi connectivity index (χ4n) is 2.69. The van der Waals surface area contributed by atoms with Crippen LogP contribution in [0.2, 0.25) is 0 Å². The zero-order chi connectivity index (χ0) is 18.2. The molecule has 0 saturated heterocycles. The lowest BCUT2D eigenvalue weighted by atomic mass is 10.0. The third kappa shape index (κ3) is 3.62. The second-order valence-electron chi connectivity index (χ2n) is 6.42. The third-order valence-electron chi connectivity index (χ3n) is 4.31. The Hall–Kier alpha value is -2.50. The second kappa shape index (κ2) is 6.43. The fraction of sp³-hybridized carbons (Fsp3) is 0.316. The monoisotopic (exact) mass is 349 g/mol. The van der Waals surface area contributed by atoms with Crippen molar-refractivity contribution in [1.82, 2.24) is 5.32 Å². The van der Waals surface area contributed by atoms with E-state index in [-0.39, 0.29) is 17.9 Å². The van der Waals surface area contributed by atoms with Gasteiger partial charge in [-0.3, -0.25) is 4.79 Å². The highest BCUT2D eigenvalue weighted by Gasteiger charge is 2.30. The third-order valence-corrected chi connectivity index (χ3v) is 4.31. The summed E-state index contributed by atoms with van der Waals surface area (Å²) in [7, 11) is 0. The Labute approximate surface area is 143 Å². The number of ether oxygens (including phenoxy) is 1. The second-order valence-corrected chi connectivity index (χ2v) is 6.42. The van der Waals surface area contributed by atoms with E-state index in [4.69, 9.17) is 4.74 Å². The van der Waals surface area contributed by atoms with Crippen molar-refractivity contribution >= 4 is 5.91 Å². The van der Waals surface area contributed by atoms with E-state index in [9.17, 15) is 18.0 Å². The molecule has 1 atom stereocenters. The Bertz CT molecular complexity index is 782. The first kappa shape index (κ1) is 17.3. The number of carbonyl (C=O) groups is 1. The molecule has 25 heavy (non-hydrogen) atoms. The number of halogens is 3. The highest BCUT2D eigenvalue weighted by Crippen LogP contribution is 2.32. The molecule has 1 amide bonds. The van der Waals surface area contributed by atoms with E-state index in [0.29, 0.717) is 29.0 Å². The summed E-state index contributed by atoms with van der Waals surface area (Å²) >= 11 is 0. The van der Waals surface area contributed by atoms with Crippen molar-refractivity contribution in [2.75, 3.05) is 6.61 Å². The Morgan fingerprint density at radius 2 is 1.72 bits per heavy atom. The van der Waals surface area contributed by atoms with Crippen LogP contribution < -0.4 is 10.1 Å². The smallest absolute Gasteiger partial charge is 0.416 e. The minimum absolute atomic E-state index is 0.0885. The molecule has 132 valence electrons. The van der Waals surface area contributed by atoms with Gasteiger partial charge >= 0.3 is 6.18 Å². The van der Waals surface area contributed by atoms with Crippen LogP contribution in [0.1, 0.15) is 29.8 Å². The number of rotatable bonds is 2. The maximum absolute atomic E-state index is 12.7. The van der Waals surface area contributed by atoms with Gasteiger partial charge in [-0.05, 0) is 41.3 Å². The number of hydrogen-bond donors (Lipinski definition) is 1. The van der Waals surface area contributed by atoms with Crippen molar-refractivity contribution in [3.63, 3.8) is 0 Å². The fourth-order valence-corrected chi connectivity index (χ4v) is 2.69. The van der Waals surface area contributed by atoms with Crippen molar-refractivity contribution in [3.05, 3.63) is 53.6 Å². The first-order valence-corrected chi connectivity index (χ1v) is 8.01. The first-order valence-electron chi connectivity index (χ1n) is 8.01. The molecular formula is C19H18F3NO2. The van der Waals surface area contributed by atoms with E-state index in [1.54, 1.807) is 18.2 Å². The molecule has 0 spiro atoms. The molecule has 0 fully saturated rings. The van der Waals surface area contributed by atoms with Crippen LogP contribution >= 0.6 is 0 Å². The molecule has 0 radical (unpaired) electrons. The van der Waals surface area contributed by atoms with Crippen LogP contribution in [0, 0.1) is 5.92 Å². The van der Waals surface area contributed by atoms with Gasteiger partial charge in [0.15, 0.2) is 0 Å². The number of benzene rings is 2. The number of hydrogen-bond acceptors (Lipinski definition) is 2. The predicted octanol–water partition coefficient (Wildman–Crippen LogP) is 4.52. The molecule has 0 aromatic heterocycles. The van der Waals surface area contributed by atoms with Gasteiger partial charge < -0.3 is 10.1 Å². The summed E-state index contributed by atoms with van der Waals surface area (Å²) < 4.78 is 43.7. The van der Waals surface area contributed by atoms with E-state index < -0.39 is 11.7 Å². The summed E-state index contributed by atoms with van der Waals surface area (Å²) in [6, 6.07) is 9.85. The summed E-state index contributed by atoms with van der Waals surface area (Å²) in [4.78, 5) is 12.4. The van der Waals surface area contributed by atoms with Gasteiger partial charge in [-0.1, -0.05) is 32.0 Å². The minimum Gasteiger partial charge on any atom is -0.491 e. The molecule has 3 nitrogen and oxygen atoms in total. The van der Waals surface area contributed by atoms with Crippen LogP contribution in [-0.4, -0.2) is 18.6 Å². The Kier molecular flexibility index (Phi) is 4.45. The number of amides is 1. The SMILES string of the molecule is CC(C)[C@H]1COc2ccc(-c3ccc(C(F)(F)F)cc3)cc2C(=O)N1. The van der Waals surface area contributed by atoms with Gasteiger partial charge in [-0.25, -0.2) is 0 Å². The summed E-state index contributed by atoms with van der Waals surface area (Å²) in [5.41, 5.74) is 0.954. The summed E-state index contributed by atoms with van der Waals surface area (Å²) in [6.45, 7) is 4.38. The van der Waals surface area contributed by atoms with Crippen LogP contribution in [0.4, 0.5) is 13.2 Å². The van der Waals surface area contributed by atoms with Crippen LogP contribution in [0.5, 0.6) is 5.75 Å². The first-order chi connectivity index (χ1) is 11.8. The zero-order valence-electron chi connectivity index (χ0n) is 13.9. The number of alkyl halides is 3. The summed E-state index contributed by atoms with van der Waals surface area (Å²) in [5, 5.41) is 2.93. The van der Waals surface area contributed by atoms with E-state index in [0.717, 1.165) is 12.1 Å². The van der Waals surface area contributed by atoms with Gasteiger partial charge in [0.1, 0.15) is 12.4 Å². The summed E-state index contributed by atoms with van der Waals surface area (Å²) in [5.74, 6) is 0.476. The molecule has 2 aromatic rings. The lowest BCUT2D eigenvalue weighted by Crippen LogP contribution is -2.40. The topological polar surface area (TPSA) is 38.3 Å². The normalized spacial score (nSPS) is 17.5. The maximum atomic E-state index is 12.7. The molecule has 1 aliphatic heterocycles. The van der Waals surface area contributed by atoms with Gasteiger partial charge in [0, 0.05) is 0 Å². The quantitative estimate of drug-likeness (QED) is 0.866. The number of nitrogens with one attached hydrogen (secondary N) is 1. The van der Waals surface area contributed by atoms with Gasteiger partial charge in [0.05, 0.1) is 17.2 Å². The standard InChI is InChI=1S/C19H18F3NO2/c1-11(2)16-10-25-17-8-5-13(9-15(17)18(24)23-16)12-3-6-14(7-4-12)19(20,21)22/h3-9,11,16H,10H2,1-2H3,(H,23,24)/t16-/m1/s1. The van der Waals surface area contributed by atoms with Crippen molar-refractivity contribution < 1.29 is 22.7 Å². The van der Waals surface area contributed by atoms with Crippen LogP contribution in [0.3, 0.4) is 0 Å². The van der Waals surface area contributed by atoms with Crippen molar-refractivity contribution in [1.29, 1.82) is 0 Å². The molecular weight excluding hydrogens is 331 g/mol. The lowest BCUT2D eigenvalue weighted by Gasteiger charge is -2.18. The van der Waals surface area contributed by atoms with E-state index >= 15 is 0 Å². The molecule has 6 heteroatoms. The molecule has 0 unspecified atom stereocenters. The van der Waals surface area contributed by atoms with Crippen molar-refractivity contribution in [2.24, 2.45) is 5.92 Å². The highest BCUT2D eigenvalue weighted by atomic mass is 19.4. The molecule has 2 aromatic carbocycles. The number of carbonyl (C=O) groups excluding carboxylic acids is 1. The van der Waals surface area contributed by atoms with Gasteiger partial charge in [-0.2, -0.15) is 13.2 Å². The number of fused-ring (bicyclic) bond motifs is 1. The average Bonchev–Trinajstić information content (AvgIpc) is 2.73. The molecule has 0 saturated carbocycles. The van der Waals surface area contributed by atoms with Crippen molar-refractivity contribution in [3.8, 4) is 16.9 Å². The van der Waals surface area contributed by atoms with E-state index in [2.05, 4.69) is 5.32 Å². The highest BCUT2D eigenvalue weighted by molar-refractivity contribution is 5.98. The minimum atomic E-state index is -4.37. The van der Waals surface area contributed by atoms with Crippen LogP contribution in [-0.2, 0) is 6.18 Å². The van der Waals surface area contributed by atoms with Gasteiger partial charge in [0.2, 0.25) is 0 Å². The maximum Gasteiger partial charge on any atom is 0.416 e. The van der Waals surface area contributed by atoms with Crippen molar-refractivity contribution in [2.45, 2.75) is 26.1 Å². The molecule has 3 rings (SSSR count). The van der Waals surface area contributed by atoms with Crippen LogP contribution in [0.15, 0.2) is 42.5 Å². The van der Waals surface area contributed by atoms with E-state index in [1.165, 1.54) is 12.1 Å².